The van der Waals surface area contributed by atoms with Crippen LogP contribution in [0.1, 0.15) is 45.4 Å². The van der Waals surface area contributed by atoms with Crippen LogP contribution in [-0.2, 0) is 14.8 Å². The maximum atomic E-state index is 12.0. The maximum Gasteiger partial charge on any atom is 0.211 e. The van der Waals surface area contributed by atoms with Gasteiger partial charge in [-0.15, -0.1) is 0 Å². The van der Waals surface area contributed by atoms with E-state index in [9.17, 15) is 13.2 Å². The maximum absolute atomic E-state index is 12.0. The summed E-state index contributed by atoms with van der Waals surface area (Å²) >= 11 is 0. The third-order valence-corrected chi connectivity index (χ3v) is 4.99. The number of hydrogen-bond donors (Lipinski definition) is 1. The van der Waals surface area contributed by atoms with Crippen molar-refractivity contribution in [3.8, 4) is 0 Å². The Kier molecular flexibility index (Phi) is 6.42. The second-order valence-corrected chi connectivity index (χ2v) is 7.53. The van der Waals surface area contributed by atoms with Gasteiger partial charge in [0, 0.05) is 19.5 Å². The first-order valence-electron chi connectivity index (χ1n) is 7.08. The van der Waals surface area contributed by atoms with E-state index in [2.05, 4.69) is 6.92 Å². The minimum Gasteiger partial charge on any atom is -0.322 e. The molecule has 6 heteroatoms. The SMILES string of the molecule is CCCCC(N)C(=O)CC1CCCN(S(C)(=O)=O)C1. The van der Waals surface area contributed by atoms with Crippen LogP contribution in [0.5, 0.6) is 0 Å². The molecule has 5 nitrogen and oxygen atoms in total. The van der Waals surface area contributed by atoms with Crippen molar-refractivity contribution in [2.45, 2.75) is 51.5 Å². The fourth-order valence-electron chi connectivity index (χ4n) is 2.52. The fraction of sp³-hybridized carbons (Fsp3) is 0.923. The molecule has 0 amide bonds. The Morgan fingerprint density at radius 1 is 1.47 bits per heavy atom. The van der Waals surface area contributed by atoms with Crippen LogP contribution in [0.25, 0.3) is 0 Å². The zero-order valence-corrected chi connectivity index (χ0v) is 12.8. The number of piperidine rings is 1. The highest BCUT2D eigenvalue weighted by molar-refractivity contribution is 7.88. The fourth-order valence-corrected chi connectivity index (χ4v) is 3.46. The molecule has 19 heavy (non-hydrogen) atoms. The van der Waals surface area contributed by atoms with E-state index in [0.717, 1.165) is 32.1 Å². The van der Waals surface area contributed by atoms with E-state index in [0.29, 0.717) is 19.5 Å². The van der Waals surface area contributed by atoms with Crippen LogP contribution < -0.4 is 5.73 Å². The lowest BCUT2D eigenvalue weighted by atomic mass is 9.91. The number of sulfonamides is 1. The van der Waals surface area contributed by atoms with Gasteiger partial charge in [-0.3, -0.25) is 4.79 Å². The summed E-state index contributed by atoms with van der Waals surface area (Å²) in [5.41, 5.74) is 5.86. The zero-order chi connectivity index (χ0) is 14.5. The third kappa shape index (κ3) is 5.58. The van der Waals surface area contributed by atoms with E-state index in [1.165, 1.54) is 10.6 Å². The zero-order valence-electron chi connectivity index (χ0n) is 12.0. The topological polar surface area (TPSA) is 80.5 Å². The van der Waals surface area contributed by atoms with Crippen molar-refractivity contribution in [2.24, 2.45) is 11.7 Å². The second kappa shape index (κ2) is 7.36. The molecular formula is C13H26N2O3S. The van der Waals surface area contributed by atoms with Gasteiger partial charge in [-0.1, -0.05) is 19.8 Å². The lowest BCUT2D eigenvalue weighted by Crippen LogP contribution is -2.41. The minimum absolute atomic E-state index is 0.0776. The van der Waals surface area contributed by atoms with Crippen molar-refractivity contribution in [3.05, 3.63) is 0 Å². The molecule has 112 valence electrons. The summed E-state index contributed by atoms with van der Waals surface area (Å²) in [6, 6.07) is -0.381. The summed E-state index contributed by atoms with van der Waals surface area (Å²) in [5.74, 6) is 0.206. The Hall–Kier alpha value is -0.460. The molecule has 1 saturated heterocycles. The largest absolute Gasteiger partial charge is 0.322 e. The lowest BCUT2D eigenvalue weighted by molar-refractivity contribution is -0.121. The van der Waals surface area contributed by atoms with Crippen LogP contribution in [-0.4, -0.2) is 43.9 Å². The van der Waals surface area contributed by atoms with Gasteiger partial charge in [0.2, 0.25) is 10.0 Å². The summed E-state index contributed by atoms with van der Waals surface area (Å²) < 4.78 is 24.5. The Bertz CT molecular complexity index is 395. The first-order chi connectivity index (χ1) is 8.84. The molecule has 0 saturated carbocycles. The van der Waals surface area contributed by atoms with E-state index >= 15 is 0 Å². The first kappa shape index (κ1) is 16.6. The van der Waals surface area contributed by atoms with Crippen molar-refractivity contribution in [2.75, 3.05) is 19.3 Å². The van der Waals surface area contributed by atoms with Gasteiger partial charge >= 0.3 is 0 Å². The highest BCUT2D eigenvalue weighted by atomic mass is 32.2. The molecule has 0 radical (unpaired) electrons. The van der Waals surface area contributed by atoms with Gasteiger partial charge in [0.05, 0.1) is 12.3 Å². The molecule has 0 aliphatic carbocycles. The molecule has 0 bridgehead atoms. The molecule has 1 aliphatic rings. The van der Waals surface area contributed by atoms with Crippen molar-refractivity contribution in [1.29, 1.82) is 0 Å². The number of hydrogen-bond acceptors (Lipinski definition) is 4. The van der Waals surface area contributed by atoms with Crippen molar-refractivity contribution >= 4 is 15.8 Å². The number of nitrogens with zero attached hydrogens (tertiary/aromatic N) is 1. The van der Waals surface area contributed by atoms with Gasteiger partial charge in [-0.25, -0.2) is 12.7 Å². The molecule has 0 aromatic rings. The predicted molar refractivity (Wildman–Crippen MR) is 76.3 cm³/mol. The van der Waals surface area contributed by atoms with Gasteiger partial charge in [-0.2, -0.15) is 0 Å². The number of Topliss-reactive ketones (excluding diaryl/α,β-unsaturated/α-hetero) is 1. The Balaban J connectivity index is 2.46. The summed E-state index contributed by atoms with van der Waals surface area (Å²) in [7, 11) is -3.14. The minimum atomic E-state index is -3.14. The van der Waals surface area contributed by atoms with Crippen LogP contribution in [0.15, 0.2) is 0 Å². The molecule has 1 rings (SSSR count). The highest BCUT2D eigenvalue weighted by Gasteiger charge is 2.28. The van der Waals surface area contributed by atoms with E-state index in [4.69, 9.17) is 5.73 Å². The van der Waals surface area contributed by atoms with Gasteiger partial charge in [0.25, 0.3) is 0 Å². The Labute approximate surface area is 116 Å². The van der Waals surface area contributed by atoms with E-state index in [1.807, 2.05) is 0 Å². The van der Waals surface area contributed by atoms with Gasteiger partial charge < -0.3 is 5.73 Å². The predicted octanol–water partition coefficient (Wildman–Crippen LogP) is 1.13. The number of carbonyl (C=O) groups is 1. The Morgan fingerprint density at radius 2 is 2.16 bits per heavy atom. The molecule has 0 aromatic carbocycles. The van der Waals surface area contributed by atoms with Crippen LogP contribution in [0, 0.1) is 5.92 Å². The second-order valence-electron chi connectivity index (χ2n) is 5.55. The van der Waals surface area contributed by atoms with Crippen molar-refractivity contribution in [1.82, 2.24) is 4.31 Å². The van der Waals surface area contributed by atoms with Gasteiger partial charge in [-0.05, 0) is 25.2 Å². The van der Waals surface area contributed by atoms with Gasteiger partial charge in [0.1, 0.15) is 5.78 Å². The first-order valence-corrected chi connectivity index (χ1v) is 8.92. The molecule has 2 N–H and O–H groups in total. The Morgan fingerprint density at radius 3 is 2.74 bits per heavy atom. The van der Waals surface area contributed by atoms with Crippen LogP contribution in [0.2, 0.25) is 0 Å². The number of carbonyl (C=O) groups excluding carboxylic acids is 1. The number of rotatable bonds is 7. The molecular weight excluding hydrogens is 264 g/mol. The van der Waals surface area contributed by atoms with Crippen LogP contribution in [0.3, 0.4) is 0 Å². The number of ketones is 1. The number of unbranched alkanes of at least 4 members (excludes halogenated alkanes) is 1. The van der Waals surface area contributed by atoms with Crippen LogP contribution in [0.4, 0.5) is 0 Å². The monoisotopic (exact) mass is 290 g/mol. The third-order valence-electron chi connectivity index (χ3n) is 3.72. The summed E-state index contributed by atoms with van der Waals surface area (Å²) in [6.07, 6.45) is 6.12. The van der Waals surface area contributed by atoms with Crippen molar-refractivity contribution in [3.63, 3.8) is 0 Å². The van der Waals surface area contributed by atoms with E-state index in [1.54, 1.807) is 0 Å². The molecule has 2 unspecified atom stereocenters. The smallest absolute Gasteiger partial charge is 0.211 e. The number of nitrogens with two attached hydrogens (primary N) is 1. The lowest BCUT2D eigenvalue weighted by Gasteiger charge is -2.31. The molecule has 1 fully saturated rings. The van der Waals surface area contributed by atoms with Crippen molar-refractivity contribution < 1.29 is 13.2 Å². The van der Waals surface area contributed by atoms with E-state index in [-0.39, 0.29) is 17.7 Å². The highest BCUT2D eigenvalue weighted by Crippen LogP contribution is 2.22. The molecule has 1 heterocycles. The van der Waals surface area contributed by atoms with Crippen LogP contribution >= 0.6 is 0 Å². The standard InChI is InChI=1S/C13H26N2O3S/c1-3-4-7-12(14)13(16)9-11-6-5-8-15(10-11)19(2,17)18/h11-12H,3-10,14H2,1-2H3. The average molecular weight is 290 g/mol. The molecule has 0 spiro atoms. The average Bonchev–Trinajstić information content (AvgIpc) is 2.35. The van der Waals surface area contributed by atoms with E-state index < -0.39 is 10.0 Å². The summed E-state index contributed by atoms with van der Waals surface area (Å²) in [5, 5.41) is 0. The normalized spacial score (nSPS) is 23.2. The summed E-state index contributed by atoms with van der Waals surface area (Å²) in [6.45, 7) is 3.11. The molecule has 0 aromatic heterocycles. The summed E-state index contributed by atoms with van der Waals surface area (Å²) in [4.78, 5) is 12.0. The quantitative estimate of drug-likeness (QED) is 0.762. The molecule has 2 atom stereocenters. The molecule has 1 aliphatic heterocycles. The van der Waals surface area contributed by atoms with Gasteiger partial charge in [0.15, 0.2) is 0 Å².